The monoisotopic (exact) mass is 315 g/mol. The summed E-state index contributed by atoms with van der Waals surface area (Å²) in [4.78, 5) is 23.8. The molecule has 2 heterocycles. The van der Waals surface area contributed by atoms with Crippen LogP contribution in [0.15, 0.2) is 39.7 Å². The predicted molar refractivity (Wildman–Crippen MR) is 90.4 cm³/mol. The van der Waals surface area contributed by atoms with Crippen LogP contribution in [0.1, 0.15) is 27.2 Å². The second-order valence-electron chi connectivity index (χ2n) is 4.80. The lowest BCUT2D eigenvalue weighted by molar-refractivity contribution is -0.121. The molecule has 1 aromatic carbocycles. The number of fused-ring (bicyclic) bond motifs is 3. The Labute approximate surface area is 134 Å². The minimum Gasteiger partial charge on any atom is -0.422 e. The lowest BCUT2D eigenvalue weighted by Gasteiger charge is -2.06. The topological polar surface area (TPSA) is 77.1 Å². The second kappa shape index (κ2) is 7.58. The second-order valence-corrected chi connectivity index (χ2v) is 4.80. The fraction of sp³-hybridized carbons (Fsp3) is 0.353. The number of rotatable bonds is 4. The van der Waals surface area contributed by atoms with Crippen LogP contribution in [0.2, 0.25) is 0 Å². The van der Waals surface area contributed by atoms with Gasteiger partial charge in [-0.1, -0.05) is 32.9 Å². The molecule has 23 heavy (non-hydrogen) atoms. The molecule has 0 aliphatic carbocycles. The third-order valence-electron chi connectivity index (χ3n) is 3.27. The van der Waals surface area contributed by atoms with Gasteiger partial charge in [0.25, 0.3) is 0 Å². The van der Waals surface area contributed by atoms with E-state index in [1.54, 1.807) is 16.8 Å². The summed E-state index contributed by atoms with van der Waals surface area (Å²) in [6.45, 7) is 6.69. The highest BCUT2D eigenvalue weighted by atomic mass is 16.4. The number of nitrogens with one attached hydrogen (secondary N) is 1. The molecule has 6 nitrogen and oxygen atoms in total. The smallest absolute Gasteiger partial charge is 0.347 e. The number of amides is 1. The average molecular weight is 315 g/mol. The first-order valence-corrected chi connectivity index (χ1v) is 7.84. The molecule has 0 atom stereocenters. The van der Waals surface area contributed by atoms with Crippen molar-refractivity contribution in [1.82, 2.24) is 15.1 Å². The molecule has 0 spiro atoms. The minimum atomic E-state index is -0.441. The van der Waals surface area contributed by atoms with Gasteiger partial charge in [-0.05, 0) is 18.6 Å². The van der Waals surface area contributed by atoms with E-state index in [0.717, 1.165) is 11.8 Å². The van der Waals surface area contributed by atoms with Crippen molar-refractivity contribution < 1.29 is 9.21 Å². The van der Waals surface area contributed by atoms with Gasteiger partial charge >= 0.3 is 5.63 Å². The molecule has 0 bridgehead atoms. The van der Waals surface area contributed by atoms with E-state index in [2.05, 4.69) is 10.4 Å². The summed E-state index contributed by atoms with van der Waals surface area (Å²) in [5, 5.41) is 8.10. The maximum Gasteiger partial charge on any atom is 0.347 e. The fourth-order valence-electron chi connectivity index (χ4n) is 2.30. The van der Waals surface area contributed by atoms with E-state index in [1.807, 2.05) is 32.9 Å². The Morgan fingerprint density at radius 1 is 1.26 bits per heavy atom. The van der Waals surface area contributed by atoms with Gasteiger partial charge in [0.2, 0.25) is 5.91 Å². The maximum atomic E-state index is 11.9. The van der Waals surface area contributed by atoms with Crippen LogP contribution in [-0.2, 0) is 11.3 Å². The van der Waals surface area contributed by atoms with Gasteiger partial charge in [-0.25, -0.2) is 4.79 Å². The molecule has 0 radical (unpaired) electrons. The molecule has 1 N–H and O–H groups in total. The molecule has 0 saturated heterocycles. The number of aromatic nitrogens is 2. The highest BCUT2D eigenvalue weighted by molar-refractivity contribution is 6.02. The highest BCUT2D eigenvalue weighted by Crippen LogP contribution is 2.22. The van der Waals surface area contributed by atoms with Crippen molar-refractivity contribution in [3.05, 3.63) is 40.9 Å². The Morgan fingerprint density at radius 3 is 2.74 bits per heavy atom. The molecule has 0 unspecified atom stereocenters. The van der Waals surface area contributed by atoms with E-state index in [9.17, 15) is 9.59 Å². The molecule has 0 aliphatic heterocycles. The van der Waals surface area contributed by atoms with Crippen molar-refractivity contribution in [1.29, 1.82) is 0 Å². The third-order valence-corrected chi connectivity index (χ3v) is 3.27. The Balaban J connectivity index is 0.000000924. The minimum absolute atomic E-state index is 0.0803. The average Bonchev–Trinajstić information content (AvgIpc) is 2.99. The summed E-state index contributed by atoms with van der Waals surface area (Å²) in [7, 11) is 0. The van der Waals surface area contributed by atoms with E-state index in [0.29, 0.717) is 23.0 Å². The van der Waals surface area contributed by atoms with Gasteiger partial charge in [0.05, 0.1) is 11.7 Å². The van der Waals surface area contributed by atoms with Crippen LogP contribution in [0.4, 0.5) is 0 Å². The van der Waals surface area contributed by atoms with Crippen LogP contribution in [0, 0.1) is 0 Å². The normalized spacial score (nSPS) is 10.4. The van der Waals surface area contributed by atoms with Crippen molar-refractivity contribution >= 4 is 27.8 Å². The zero-order valence-corrected chi connectivity index (χ0v) is 13.6. The number of hydrogen-bond donors (Lipinski definition) is 1. The lowest BCUT2D eigenvalue weighted by Crippen LogP contribution is -2.28. The van der Waals surface area contributed by atoms with E-state index in [-0.39, 0.29) is 12.5 Å². The molecule has 2 aromatic heterocycles. The third kappa shape index (κ3) is 3.41. The number of para-hydroxylation sites is 1. The Morgan fingerprint density at radius 2 is 2.00 bits per heavy atom. The number of carbonyl (C=O) groups excluding carboxylic acids is 1. The van der Waals surface area contributed by atoms with Crippen LogP contribution < -0.4 is 10.9 Å². The first-order chi connectivity index (χ1) is 11.2. The van der Waals surface area contributed by atoms with Gasteiger partial charge in [-0.2, -0.15) is 5.10 Å². The van der Waals surface area contributed by atoms with Crippen LogP contribution in [0.5, 0.6) is 0 Å². The maximum absolute atomic E-state index is 11.9. The SMILES string of the molecule is CC.CCCNC(=O)Cn1ncc2c(=O)oc3ccccc3c21. The Kier molecular flexibility index (Phi) is 5.51. The largest absolute Gasteiger partial charge is 0.422 e. The molecular formula is C17H21N3O3. The molecule has 122 valence electrons. The number of carbonyl (C=O) groups is 1. The van der Waals surface area contributed by atoms with Gasteiger partial charge in [-0.3, -0.25) is 9.48 Å². The number of benzene rings is 1. The Hall–Kier alpha value is -2.63. The first kappa shape index (κ1) is 16.7. The lowest BCUT2D eigenvalue weighted by atomic mass is 10.2. The van der Waals surface area contributed by atoms with Gasteiger partial charge in [0.1, 0.15) is 17.5 Å². The summed E-state index contributed by atoms with van der Waals surface area (Å²) in [5.41, 5.74) is 0.683. The van der Waals surface area contributed by atoms with Crippen LogP contribution in [0.25, 0.3) is 21.9 Å². The quantitative estimate of drug-likeness (QED) is 0.751. The molecule has 1 amide bonds. The molecule has 3 rings (SSSR count). The van der Waals surface area contributed by atoms with Crippen LogP contribution in [-0.4, -0.2) is 22.2 Å². The summed E-state index contributed by atoms with van der Waals surface area (Å²) >= 11 is 0. The molecule has 0 saturated carbocycles. The van der Waals surface area contributed by atoms with Crippen molar-refractivity contribution in [2.24, 2.45) is 0 Å². The van der Waals surface area contributed by atoms with Crippen LogP contribution >= 0.6 is 0 Å². The summed E-state index contributed by atoms with van der Waals surface area (Å²) < 4.78 is 6.79. The fourth-order valence-corrected chi connectivity index (χ4v) is 2.30. The van der Waals surface area contributed by atoms with Crippen molar-refractivity contribution in [3.8, 4) is 0 Å². The standard InChI is InChI=1S/C15H15N3O3.C2H6/c1-2-7-16-13(19)9-18-14-10-5-3-4-6-12(10)21-15(20)11(14)8-17-18;1-2/h3-6,8H,2,7,9H2,1H3,(H,16,19);1-2H3. The summed E-state index contributed by atoms with van der Waals surface area (Å²) in [5.74, 6) is -0.126. The van der Waals surface area contributed by atoms with Crippen LogP contribution in [0.3, 0.4) is 0 Å². The first-order valence-electron chi connectivity index (χ1n) is 7.84. The highest BCUT2D eigenvalue weighted by Gasteiger charge is 2.14. The summed E-state index contributed by atoms with van der Waals surface area (Å²) in [6.07, 6.45) is 2.32. The zero-order valence-electron chi connectivity index (χ0n) is 13.6. The predicted octanol–water partition coefficient (Wildman–Crippen LogP) is 2.70. The zero-order chi connectivity index (χ0) is 16.8. The molecule has 0 fully saturated rings. The van der Waals surface area contributed by atoms with E-state index in [1.165, 1.54) is 6.20 Å². The van der Waals surface area contributed by atoms with E-state index >= 15 is 0 Å². The summed E-state index contributed by atoms with van der Waals surface area (Å²) in [6, 6.07) is 7.23. The van der Waals surface area contributed by atoms with Crippen molar-refractivity contribution in [2.45, 2.75) is 33.7 Å². The van der Waals surface area contributed by atoms with Crippen molar-refractivity contribution in [2.75, 3.05) is 6.54 Å². The number of nitrogens with zero attached hydrogens (tertiary/aromatic N) is 2. The van der Waals surface area contributed by atoms with E-state index < -0.39 is 5.63 Å². The molecule has 3 aromatic rings. The van der Waals surface area contributed by atoms with Gasteiger partial charge in [-0.15, -0.1) is 0 Å². The van der Waals surface area contributed by atoms with E-state index in [4.69, 9.17) is 4.42 Å². The number of hydrogen-bond acceptors (Lipinski definition) is 4. The van der Waals surface area contributed by atoms with Gasteiger partial charge < -0.3 is 9.73 Å². The van der Waals surface area contributed by atoms with Gasteiger partial charge in [0.15, 0.2) is 0 Å². The Bertz CT molecular complexity index is 864. The van der Waals surface area contributed by atoms with Gasteiger partial charge in [0, 0.05) is 11.9 Å². The molecular weight excluding hydrogens is 294 g/mol. The molecule has 0 aliphatic rings. The van der Waals surface area contributed by atoms with Crippen molar-refractivity contribution in [3.63, 3.8) is 0 Å². The molecule has 6 heteroatoms.